The lowest BCUT2D eigenvalue weighted by atomic mass is 10.00. The molecule has 2 aromatic rings. The zero-order chi connectivity index (χ0) is 30.6. The van der Waals surface area contributed by atoms with E-state index in [1.54, 1.807) is 17.0 Å². The second kappa shape index (κ2) is 13.3. The predicted octanol–water partition coefficient (Wildman–Crippen LogP) is 4.89. The van der Waals surface area contributed by atoms with Crippen molar-refractivity contribution in [3.8, 4) is 5.75 Å². The molecular formula is C33H44N4O6. The molecule has 2 N–H and O–H groups in total. The van der Waals surface area contributed by atoms with Crippen LogP contribution in [0.25, 0.3) is 0 Å². The van der Waals surface area contributed by atoms with Crippen molar-refractivity contribution in [1.82, 2.24) is 20.5 Å². The highest BCUT2D eigenvalue weighted by Gasteiger charge is 2.31. The normalized spacial score (nSPS) is 21.9. The molecule has 2 saturated heterocycles. The second-order valence-electron chi connectivity index (χ2n) is 12.9. The van der Waals surface area contributed by atoms with Gasteiger partial charge in [0.05, 0.1) is 12.2 Å². The Hall–Kier alpha value is -3.66. The van der Waals surface area contributed by atoms with Gasteiger partial charge in [-0.25, -0.2) is 9.78 Å². The Kier molecular flexibility index (Phi) is 9.54. The van der Waals surface area contributed by atoms with Crippen molar-refractivity contribution in [2.24, 2.45) is 0 Å². The number of likely N-dealkylation sites (tertiary alicyclic amines) is 1. The summed E-state index contributed by atoms with van der Waals surface area (Å²) < 4.78 is 17.5. The quantitative estimate of drug-likeness (QED) is 0.426. The first-order valence-electron chi connectivity index (χ1n) is 15.5. The first-order chi connectivity index (χ1) is 20.6. The van der Waals surface area contributed by atoms with E-state index >= 15 is 0 Å². The van der Waals surface area contributed by atoms with Crippen LogP contribution in [0.5, 0.6) is 5.75 Å². The molecule has 5 rings (SSSR count). The number of benzene rings is 1. The summed E-state index contributed by atoms with van der Waals surface area (Å²) in [7, 11) is 0. The third-order valence-corrected chi connectivity index (χ3v) is 8.00. The number of aromatic nitrogens is 1. The van der Waals surface area contributed by atoms with E-state index in [-0.39, 0.29) is 35.7 Å². The van der Waals surface area contributed by atoms with E-state index in [9.17, 15) is 14.4 Å². The van der Waals surface area contributed by atoms with Gasteiger partial charge in [0.15, 0.2) is 0 Å². The highest BCUT2D eigenvalue weighted by atomic mass is 16.6. The number of carbonyl (C=O) groups is 3. The maximum Gasteiger partial charge on any atom is 0.410 e. The van der Waals surface area contributed by atoms with E-state index in [2.05, 4.69) is 39.9 Å². The fourth-order valence-electron chi connectivity index (χ4n) is 5.59. The van der Waals surface area contributed by atoms with Crippen molar-refractivity contribution in [2.75, 3.05) is 19.7 Å². The molecule has 4 atom stereocenters. The van der Waals surface area contributed by atoms with Crippen molar-refractivity contribution >= 4 is 17.9 Å². The largest absolute Gasteiger partial charge is 0.482 e. The first kappa shape index (κ1) is 30.8. The zero-order valence-electron chi connectivity index (χ0n) is 25.6. The molecule has 3 fully saturated rings. The van der Waals surface area contributed by atoms with Gasteiger partial charge in [-0.2, -0.15) is 0 Å². The monoisotopic (exact) mass is 592 g/mol. The lowest BCUT2D eigenvalue weighted by molar-refractivity contribution is -0.131. The molecule has 3 heterocycles. The minimum atomic E-state index is -0.576. The van der Waals surface area contributed by atoms with Crippen LogP contribution >= 0.6 is 0 Å². The van der Waals surface area contributed by atoms with Gasteiger partial charge in [0.1, 0.15) is 29.3 Å². The third-order valence-electron chi connectivity index (χ3n) is 8.00. The average molecular weight is 593 g/mol. The molecule has 1 saturated carbocycles. The van der Waals surface area contributed by atoms with Crippen LogP contribution in [0.2, 0.25) is 0 Å². The van der Waals surface area contributed by atoms with E-state index in [1.165, 1.54) is 24.6 Å². The number of carbonyl (C=O) groups excluding carboxylic acids is 3. The van der Waals surface area contributed by atoms with Gasteiger partial charge >= 0.3 is 6.09 Å². The number of piperidine rings is 1. The van der Waals surface area contributed by atoms with Crippen LogP contribution in [0.1, 0.15) is 99.9 Å². The maximum absolute atomic E-state index is 13.0. The number of amides is 3. The predicted molar refractivity (Wildman–Crippen MR) is 161 cm³/mol. The smallest absolute Gasteiger partial charge is 0.410 e. The van der Waals surface area contributed by atoms with Crippen molar-refractivity contribution < 1.29 is 28.6 Å². The van der Waals surface area contributed by atoms with Gasteiger partial charge in [-0.3, -0.25) is 9.59 Å². The SMILES string of the molecule is C[C@H](NC(=O)[C@H]1CCCO1)[C@H](Oc1ccc(C(=O)N[C@H]2CCCN(C(=O)OC(C)(C)C)C2)nc1)c1ccc(C2CC2)cc1. The minimum absolute atomic E-state index is 0.133. The van der Waals surface area contributed by atoms with Gasteiger partial charge in [-0.1, -0.05) is 24.3 Å². The molecule has 232 valence electrons. The number of rotatable bonds is 9. The van der Waals surface area contributed by atoms with Crippen LogP contribution in [-0.2, 0) is 14.3 Å². The summed E-state index contributed by atoms with van der Waals surface area (Å²) in [5.41, 5.74) is 1.95. The Morgan fingerprint density at radius 1 is 1.02 bits per heavy atom. The van der Waals surface area contributed by atoms with Crippen molar-refractivity contribution in [2.45, 2.75) is 102 Å². The zero-order valence-corrected chi connectivity index (χ0v) is 25.6. The molecule has 0 unspecified atom stereocenters. The van der Waals surface area contributed by atoms with Gasteiger partial charge in [0, 0.05) is 25.7 Å². The van der Waals surface area contributed by atoms with Gasteiger partial charge < -0.3 is 29.7 Å². The Balaban J connectivity index is 1.22. The van der Waals surface area contributed by atoms with Crippen LogP contribution in [0.3, 0.4) is 0 Å². The second-order valence-corrected chi connectivity index (χ2v) is 12.9. The van der Waals surface area contributed by atoms with E-state index in [1.807, 2.05) is 27.7 Å². The van der Waals surface area contributed by atoms with Gasteiger partial charge in [-0.15, -0.1) is 0 Å². The number of hydrogen-bond donors (Lipinski definition) is 2. The van der Waals surface area contributed by atoms with Crippen LogP contribution < -0.4 is 15.4 Å². The molecule has 3 amide bonds. The summed E-state index contributed by atoms with van der Waals surface area (Å²) in [6.45, 7) is 9.02. The standard InChI is InChI=1S/C33H44N4O6/c1-21(35-31(39)28-8-6-18-41-28)29(24-13-11-23(12-14-24)22-9-10-22)42-26-15-16-27(34-19-26)30(38)36-25-7-5-17-37(20-25)32(40)43-33(2,3)4/h11-16,19,21-22,25,28-29H,5-10,17-18,20H2,1-4H3,(H,35,39)(H,36,38)/t21-,25-,28+,29-/m0/s1. The highest BCUT2D eigenvalue weighted by Crippen LogP contribution is 2.40. The Morgan fingerprint density at radius 3 is 2.42 bits per heavy atom. The molecule has 0 bridgehead atoms. The van der Waals surface area contributed by atoms with Crippen molar-refractivity contribution in [3.63, 3.8) is 0 Å². The summed E-state index contributed by atoms with van der Waals surface area (Å²) in [6, 6.07) is 11.2. The van der Waals surface area contributed by atoms with Crippen LogP contribution in [0.15, 0.2) is 42.6 Å². The van der Waals surface area contributed by atoms with E-state index < -0.39 is 17.8 Å². The Labute approximate surface area is 253 Å². The van der Waals surface area contributed by atoms with E-state index in [4.69, 9.17) is 14.2 Å². The Bertz CT molecular complexity index is 1270. The summed E-state index contributed by atoms with van der Waals surface area (Å²) in [5, 5.41) is 6.08. The highest BCUT2D eigenvalue weighted by molar-refractivity contribution is 5.92. The summed E-state index contributed by atoms with van der Waals surface area (Å²) >= 11 is 0. The van der Waals surface area contributed by atoms with Crippen LogP contribution in [0, 0.1) is 0 Å². The van der Waals surface area contributed by atoms with Crippen molar-refractivity contribution in [1.29, 1.82) is 0 Å². The number of ether oxygens (including phenoxy) is 3. The molecule has 0 spiro atoms. The maximum atomic E-state index is 13.0. The fourth-order valence-corrected chi connectivity index (χ4v) is 5.59. The van der Waals surface area contributed by atoms with E-state index in [0.29, 0.717) is 37.8 Å². The van der Waals surface area contributed by atoms with Crippen molar-refractivity contribution in [3.05, 3.63) is 59.4 Å². The average Bonchev–Trinajstić information content (AvgIpc) is 3.68. The number of pyridine rings is 1. The molecule has 43 heavy (non-hydrogen) atoms. The Morgan fingerprint density at radius 2 is 1.79 bits per heavy atom. The topological polar surface area (TPSA) is 119 Å². The van der Waals surface area contributed by atoms with Gasteiger partial charge in [0.25, 0.3) is 5.91 Å². The number of nitrogens with one attached hydrogen (secondary N) is 2. The molecule has 2 aliphatic heterocycles. The number of hydrogen-bond acceptors (Lipinski definition) is 7. The number of nitrogens with zero attached hydrogens (tertiary/aromatic N) is 2. The van der Waals surface area contributed by atoms with Crippen LogP contribution in [-0.4, -0.2) is 71.3 Å². The molecule has 10 nitrogen and oxygen atoms in total. The molecule has 3 aliphatic rings. The molecule has 10 heteroatoms. The lowest BCUT2D eigenvalue weighted by Crippen LogP contribution is -2.50. The molecule has 1 aromatic heterocycles. The fraction of sp³-hybridized carbons (Fsp3) is 0.576. The van der Waals surface area contributed by atoms with Gasteiger partial charge in [0.2, 0.25) is 5.91 Å². The first-order valence-corrected chi connectivity index (χ1v) is 15.5. The summed E-state index contributed by atoms with van der Waals surface area (Å²) in [5.74, 6) is 0.681. The minimum Gasteiger partial charge on any atom is -0.482 e. The van der Waals surface area contributed by atoms with Crippen LogP contribution in [0.4, 0.5) is 4.79 Å². The molecular weight excluding hydrogens is 548 g/mol. The third kappa shape index (κ3) is 8.46. The summed E-state index contributed by atoms with van der Waals surface area (Å²) in [6.07, 6.45) is 5.84. The molecule has 1 aromatic carbocycles. The lowest BCUT2D eigenvalue weighted by Gasteiger charge is -2.34. The van der Waals surface area contributed by atoms with Gasteiger partial charge in [-0.05, 0) is 95.4 Å². The molecule has 1 aliphatic carbocycles. The molecule has 0 radical (unpaired) electrons. The van der Waals surface area contributed by atoms with E-state index in [0.717, 1.165) is 24.8 Å². The summed E-state index contributed by atoms with van der Waals surface area (Å²) in [4.78, 5) is 44.3.